The second-order valence-electron chi connectivity index (χ2n) is 2.59. The minimum absolute atomic E-state index is 0.0289. The van der Waals surface area contributed by atoms with Crippen LogP contribution in [0.25, 0.3) is 0 Å². The molecule has 3 nitrogen and oxygen atoms in total. The van der Waals surface area contributed by atoms with E-state index in [0.29, 0.717) is 5.69 Å². The van der Waals surface area contributed by atoms with E-state index in [1.54, 1.807) is 13.0 Å². The number of aryl methyl sites for hydroxylation is 1. The van der Waals surface area contributed by atoms with Gasteiger partial charge in [0.2, 0.25) is 0 Å². The van der Waals surface area contributed by atoms with E-state index >= 15 is 0 Å². The second-order valence-corrected chi connectivity index (χ2v) is 4.31. The number of nitrogens with zero attached hydrogens (tertiary/aromatic N) is 1. The first-order chi connectivity index (χ1) is 5.88. The molecule has 1 heterocycles. The van der Waals surface area contributed by atoms with Crippen molar-refractivity contribution in [1.82, 2.24) is 4.98 Å². The van der Waals surface area contributed by atoms with Gasteiger partial charge in [0.05, 0.1) is 0 Å². The third kappa shape index (κ3) is 3.28. The summed E-state index contributed by atoms with van der Waals surface area (Å²) in [6.45, 7) is 1.71. The van der Waals surface area contributed by atoms with E-state index < -0.39 is 16.0 Å². The van der Waals surface area contributed by atoms with Gasteiger partial charge >= 0.3 is 10.2 Å². The van der Waals surface area contributed by atoms with Crippen LogP contribution < -0.4 is 0 Å². The molecule has 13 heavy (non-hydrogen) atoms. The highest BCUT2D eigenvalue weighted by atomic mass is 35.5. The van der Waals surface area contributed by atoms with Crippen molar-refractivity contribution in [3.05, 3.63) is 28.5 Å². The predicted molar refractivity (Wildman–Crippen MR) is 47.7 cm³/mol. The molecule has 1 rings (SSSR count). The number of hydrogen-bond acceptors (Lipinski definition) is 3. The molecule has 0 aliphatic rings. The van der Waals surface area contributed by atoms with Crippen LogP contribution in [0.1, 0.15) is 11.3 Å². The molecule has 0 fully saturated rings. The molecule has 6 heteroatoms. The zero-order chi connectivity index (χ0) is 10.1. The fourth-order valence-electron chi connectivity index (χ4n) is 0.847. The summed E-state index contributed by atoms with van der Waals surface area (Å²) < 4.78 is 32.8. The maximum Gasteiger partial charge on any atom is 0.306 e. The molecule has 72 valence electrons. The Bertz CT molecular complexity index is 419. The molecule has 0 aliphatic carbocycles. The zero-order valence-electron chi connectivity index (χ0n) is 6.79. The van der Waals surface area contributed by atoms with Gasteiger partial charge in [0, 0.05) is 11.3 Å². The first kappa shape index (κ1) is 10.4. The first-order valence-electron chi connectivity index (χ1n) is 3.43. The van der Waals surface area contributed by atoms with Gasteiger partial charge in [0.15, 0.2) is 0 Å². The maximum atomic E-state index is 12.2. The predicted octanol–water partition coefficient (Wildman–Crippen LogP) is 1.84. The zero-order valence-corrected chi connectivity index (χ0v) is 8.36. The van der Waals surface area contributed by atoms with E-state index in [-0.39, 0.29) is 10.7 Å². The highest BCUT2D eigenvalue weighted by Crippen LogP contribution is 2.16. The maximum absolute atomic E-state index is 12.2. The van der Waals surface area contributed by atoms with Crippen LogP contribution in [0.4, 0.5) is 3.89 Å². The molecule has 0 bridgehead atoms. The van der Waals surface area contributed by atoms with Crippen LogP contribution in [0.3, 0.4) is 0 Å². The van der Waals surface area contributed by atoms with Crippen LogP contribution in [0.2, 0.25) is 5.15 Å². The van der Waals surface area contributed by atoms with E-state index in [1.165, 1.54) is 6.07 Å². The van der Waals surface area contributed by atoms with Crippen LogP contribution in [0, 0.1) is 6.92 Å². The Morgan fingerprint density at radius 3 is 2.62 bits per heavy atom. The molecule has 0 radical (unpaired) electrons. The SMILES string of the molecule is Cc1ccc(CS(=O)(=O)F)c(Cl)n1. The Labute approximate surface area is 80.8 Å². The van der Waals surface area contributed by atoms with Crippen molar-refractivity contribution < 1.29 is 12.3 Å². The lowest BCUT2D eigenvalue weighted by Gasteiger charge is -2.00. The quantitative estimate of drug-likeness (QED) is 0.568. The summed E-state index contributed by atoms with van der Waals surface area (Å²) in [6.07, 6.45) is 0. The van der Waals surface area contributed by atoms with Gasteiger partial charge in [-0.25, -0.2) is 4.98 Å². The lowest BCUT2D eigenvalue weighted by atomic mass is 10.3. The molecule has 1 aromatic heterocycles. The summed E-state index contributed by atoms with van der Waals surface area (Å²) in [7, 11) is -4.54. The minimum atomic E-state index is -4.54. The van der Waals surface area contributed by atoms with Crippen molar-refractivity contribution in [2.45, 2.75) is 12.7 Å². The smallest absolute Gasteiger partial charge is 0.241 e. The van der Waals surface area contributed by atoms with Gasteiger partial charge in [0.1, 0.15) is 10.9 Å². The molecule has 0 saturated carbocycles. The van der Waals surface area contributed by atoms with Crippen molar-refractivity contribution in [3.63, 3.8) is 0 Å². The average molecular weight is 224 g/mol. The Balaban J connectivity index is 3.04. The van der Waals surface area contributed by atoms with Gasteiger partial charge < -0.3 is 0 Å². The van der Waals surface area contributed by atoms with Gasteiger partial charge in [-0.2, -0.15) is 8.42 Å². The molecular formula is C7H7ClFNO2S. The van der Waals surface area contributed by atoms with Gasteiger partial charge in [-0.05, 0) is 13.0 Å². The summed E-state index contributed by atoms with van der Waals surface area (Å²) in [5.74, 6) is -0.723. The molecule has 0 spiro atoms. The molecule has 0 N–H and O–H groups in total. The van der Waals surface area contributed by atoms with Gasteiger partial charge in [-0.1, -0.05) is 17.7 Å². The van der Waals surface area contributed by atoms with Crippen molar-refractivity contribution in [3.8, 4) is 0 Å². The number of halogens is 2. The summed E-state index contributed by atoms with van der Waals surface area (Å²) in [5.41, 5.74) is 0.833. The van der Waals surface area contributed by atoms with Crippen LogP contribution in [-0.2, 0) is 16.0 Å². The van der Waals surface area contributed by atoms with Crippen LogP contribution in [0.5, 0.6) is 0 Å². The highest BCUT2D eigenvalue weighted by Gasteiger charge is 2.12. The molecule has 0 atom stereocenters. The second kappa shape index (κ2) is 3.59. The molecule has 0 saturated heterocycles. The van der Waals surface area contributed by atoms with E-state index in [4.69, 9.17) is 11.6 Å². The lowest BCUT2D eigenvalue weighted by Crippen LogP contribution is -1.98. The Morgan fingerprint density at radius 2 is 2.15 bits per heavy atom. The third-order valence-electron chi connectivity index (χ3n) is 1.39. The van der Waals surface area contributed by atoms with Crippen LogP contribution >= 0.6 is 11.6 Å². The largest absolute Gasteiger partial charge is 0.306 e. The van der Waals surface area contributed by atoms with Gasteiger partial charge in [-0.3, -0.25) is 0 Å². The molecule has 0 aliphatic heterocycles. The number of rotatable bonds is 2. The summed E-state index contributed by atoms with van der Waals surface area (Å²) in [6, 6.07) is 3.02. The third-order valence-corrected chi connectivity index (χ3v) is 2.38. The molecule has 0 unspecified atom stereocenters. The van der Waals surface area contributed by atoms with Gasteiger partial charge in [0.25, 0.3) is 0 Å². The topological polar surface area (TPSA) is 47.0 Å². The fraction of sp³-hybridized carbons (Fsp3) is 0.286. The Hall–Kier alpha value is -0.680. The first-order valence-corrected chi connectivity index (χ1v) is 5.36. The summed E-state index contributed by atoms with van der Waals surface area (Å²) in [5, 5.41) is 0.0289. The average Bonchev–Trinajstić information content (AvgIpc) is 1.93. The molecule has 1 aromatic rings. The highest BCUT2D eigenvalue weighted by molar-refractivity contribution is 7.85. The van der Waals surface area contributed by atoms with Crippen molar-refractivity contribution in [1.29, 1.82) is 0 Å². The normalized spacial score (nSPS) is 11.6. The Kier molecular flexibility index (Phi) is 2.87. The van der Waals surface area contributed by atoms with Crippen molar-refractivity contribution >= 4 is 21.8 Å². The fourth-order valence-corrected chi connectivity index (χ4v) is 1.79. The van der Waals surface area contributed by atoms with E-state index in [2.05, 4.69) is 4.98 Å². The van der Waals surface area contributed by atoms with E-state index in [9.17, 15) is 12.3 Å². The van der Waals surface area contributed by atoms with Crippen molar-refractivity contribution in [2.24, 2.45) is 0 Å². The summed E-state index contributed by atoms with van der Waals surface area (Å²) >= 11 is 5.59. The molecule has 0 amide bonds. The van der Waals surface area contributed by atoms with Crippen molar-refractivity contribution in [2.75, 3.05) is 0 Å². The van der Waals surface area contributed by atoms with E-state index in [1.807, 2.05) is 0 Å². The minimum Gasteiger partial charge on any atom is -0.241 e. The van der Waals surface area contributed by atoms with Crippen LogP contribution in [-0.4, -0.2) is 13.4 Å². The van der Waals surface area contributed by atoms with Crippen LogP contribution in [0.15, 0.2) is 12.1 Å². The number of hydrogen-bond donors (Lipinski definition) is 0. The number of pyridine rings is 1. The summed E-state index contributed by atoms with van der Waals surface area (Å²) in [4.78, 5) is 3.79. The van der Waals surface area contributed by atoms with E-state index in [0.717, 1.165) is 0 Å². The molecule has 0 aromatic carbocycles. The Morgan fingerprint density at radius 1 is 1.54 bits per heavy atom. The molecular weight excluding hydrogens is 217 g/mol. The van der Waals surface area contributed by atoms with Gasteiger partial charge in [-0.15, -0.1) is 3.89 Å². The standard InChI is InChI=1S/C7H7ClFNO2S/c1-5-2-3-6(7(8)10-5)4-13(9,11)12/h2-3H,4H2,1H3. The lowest BCUT2D eigenvalue weighted by molar-refractivity contribution is 0.551. The number of aromatic nitrogens is 1. The monoisotopic (exact) mass is 223 g/mol.